The monoisotopic (exact) mass is 257 g/mol. The Bertz CT molecular complexity index is 490. The Labute approximate surface area is 100 Å². The van der Waals surface area contributed by atoms with Gasteiger partial charge in [0.1, 0.15) is 0 Å². The summed E-state index contributed by atoms with van der Waals surface area (Å²) in [4.78, 5) is 14.6. The van der Waals surface area contributed by atoms with Crippen molar-refractivity contribution >= 4 is 40.8 Å². The second-order valence-corrected chi connectivity index (χ2v) is 4.49. The van der Waals surface area contributed by atoms with Crippen molar-refractivity contribution < 1.29 is 4.79 Å². The van der Waals surface area contributed by atoms with Crippen molar-refractivity contribution in [2.45, 2.75) is 0 Å². The van der Waals surface area contributed by atoms with Crippen LogP contribution >= 0.6 is 34.5 Å². The zero-order valence-electron chi connectivity index (χ0n) is 7.41. The topological polar surface area (TPSA) is 30.0 Å². The minimum absolute atomic E-state index is 0.418. The molecule has 0 atom stereocenters. The third-order valence-corrected chi connectivity index (χ3v) is 3.24. The fourth-order valence-electron chi connectivity index (χ4n) is 1.20. The zero-order valence-corrected chi connectivity index (χ0v) is 9.73. The van der Waals surface area contributed by atoms with Crippen LogP contribution in [-0.4, -0.2) is 11.3 Å². The van der Waals surface area contributed by atoms with E-state index in [0.717, 1.165) is 0 Å². The third-order valence-electron chi connectivity index (χ3n) is 1.84. The molecule has 0 radical (unpaired) electrons. The van der Waals surface area contributed by atoms with Gasteiger partial charge in [-0.15, -0.1) is 11.3 Å². The van der Waals surface area contributed by atoms with E-state index in [9.17, 15) is 4.79 Å². The number of aldehydes is 1. The zero-order chi connectivity index (χ0) is 10.8. The number of rotatable bonds is 2. The van der Waals surface area contributed by atoms with Crippen molar-refractivity contribution in [2.24, 2.45) is 0 Å². The molecule has 0 aliphatic rings. The average Bonchev–Trinajstić information content (AvgIpc) is 2.66. The van der Waals surface area contributed by atoms with Gasteiger partial charge in [-0.25, -0.2) is 4.98 Å². The number of nitrogens with zero attached hydrogens (tertiary/aromatic N) is 1. The normalized spacial score (nSPS) is 10.3. The lowest BCUT2D eigenvalue weighted by Crippen LogP contribution is -1.83. The van der Waals surface area contributed by atoms with E-state index in [1.165, 1.54) is 11.3 Å². The number of carbonyl (C=O) groups is 1. The molecule has 5 heteroatoms. The molecule has 0 aliphatic heterocycles. The molecule has 0 saturated heterocycles. The van der Waals surface area contributed by atoms with Gasteiger partial charge in [0.2, 0.25) is 0 Å². The van der Waals surface area contributed by atoms with Crippen LogP contribution in [0, 0.1) is 0 Å². The molecule has 1 heterocycles. The maximum absolute atomic E-state index is 10.5. The van der Waals surface area contributed by atoms with Crippen LogP contribution in [-0.2, 0) is 0 Å². The van der Waals surface area contributed by atoms with Gasteiger partial charge in [0.25, 0.3) is 0 Å². The summed E-state index contributed by atoms with van der Waals surface area (Å²) in [6.45, 7) is 0. The molecule has 0 N–H and O–H groups in total. The standard InChI is InChI=1S/C10H5Cl2NOS/c11-6-2-1-3-7(12)10(6)8-5-15-9(4-14)13-8/h1-5H. The number of benzene rings is 1. The lowest BCUT2D eigenvalue weighted by atomic mass is 10.2. The molecule has 2 rings (SSSR count). The quantitative estimate of drug-likeness (QED) is 0.764. The van der Waals surface area contributed by atoms with Gasteiger partial charge >= 0.3 is 0 Å². The summed E-state index contributed by atoms with van der Waals surface area (Å²) in [5.74, 6) is 0. The molecule has 1 aromatic heterocycles. The smallest absolute Gasteiger partial charge is 0.178 e. The Balaban J connectivity index is 2.58. The highest BCUT2D eigenvalue weighted by Gasteiger charge is 2.11. The van der Waals surface area contributed by atoms with Gasteiger partial charge < -0.3 is 0 Å². The van der Waals surface area contributed by atoms with Gasteiger partial charge in [-0.2, -0.15) is 0 Å². The molecule has 0 amide bonds. The maximum atomic E-state index is 10.5. The van der Waals surface area contributed by atoms with Crippen LogP contribution in [0.3, 0.4) is 0 Å². The van der Waals surface area contributed by atoms with Crippen LogP contribution in [0.2, 0.25) is 10.0 Å². The van der Waals surface area contributed by atoms with Crippen molar-refractivity contribution in [3.05, 3.63) is 38.6 Å². The summed E-state index contributed by atoms with van der Waals surface area (Å²) in [5, 5.41) is 3.24. The molecule has 1 aromatic carbocycles. The summed E-state index contributed by atoms with van der Waals surface area (Å²) < 4.78 is 0. The molecule has 0 saturated carbocycles. The van der Waals surface area contributed by atoms with E-state index < -0.39 is 0 Å². The highest BCUT2D eigenvalue weighted by atomic mass is 35.5. The summed E-state index contributed by atoms with van der Waals surface area (Å²) in [6, 6.07) is 5.24. The summed E-state index contributed by atoms with van der Waals surface area (Å²) in [6.07, 6.45) is 0.707. The van der Waals surface area contributed by atoms with E-state index in [-0.39, 0.29) is 0 Å². The van der Waals surface area contributed by atoms with Crippen molar-refractivity contribution in [3.63, 3.8) is 0 Å². The fraction of sp³-hybridized carbons (Fsp3) is 0. The van der Waals surface area contributed by atoms with Crippen LogP contribution in [0.25, 0.3) is 11.3 Å². The molecule has 2 aromatic rings. The predicted molar refractivity (Wildman–Crippen MR) is 63.0 cm³/mol. The van der Waals surface area contributed by atoms with Gasteiger partial charge in [0, 0.05) is 10.9 Å². The minimum atomic E-state index is 0.418. The predicted octanol–water partition coefficient (Wildman–Crippen LogP) is 3.93. The third kappa shape index (κ3) is 2.04. The molecule has 0 fully saturated rings. The second kappa shape index (κ2) is 4.31. The second-order valence-electron chi connectivity index (χ2n) is 2.79. The fourth-order valence-corrected chi connectivity index (χ4v) is 2.40. The molecular formula is C10H5Cl2NOS. The highest BCUT2D eigenvalue weighted by Crippen LogP contribution is 2.34. The van der Waals surface area contributed by atoms with E-state index >= 15 is 0 Å². The van der Waals surface area contributed by atoms with Gasteiger partial charge in [0.15, 0.2) is 11.3 Å². The highest BCUT2D eigenvalue weighted by molar-refractivity contribution is 7.11. The first-order chi connectivity index (χ1) is 7.22. The summed E-state index contributed by atoms with van der Waals surface area (Å²) in [7, 11) is 0. The molecule has 76 valence electrons. The van der Waals surface area contributed by atoms with E-state index in [4.69, 9.17) is 23.2 Å². The van der Waals surface area contributed by atoms with Crippen LogP contribution in [0.1, 0.15) is 9.80 Å². The molecule has 2 nitrogen and oxygen atoms in total. The maximum Gasteiger partial charge on any atom is 0.178 e. The average molecular weight is 258 g/mol. The first-order valence-corrected chi connectivity index (χ1v) is 5.71. The molecule has 0 aliphatic carbocycles. The van der Waals surface area contributed by atoms with Crippen molar-refractivity contribution in [3.8, 4) is 11.3 Å². The summed E-state index contributed by atoms with van der Waals surface area (Å²) >= 11 is 13.3. The van der Waals surface area contributed by atoms with Crippen LogP contribution in [0.4, 0.5) is 0 Å². The van der Waals surface area contributed by atoms with Gasteiger partial charge in [0.05, 0.1) is 15.7 Å². The first kappa shape index (κ1) is 10.6. The van der Waals surface area contributed by atoms with Crippen LogP contribution in [0.5, 0.6) is 0 Å². The molecular weight excluding hydrogens is 253 g/mol. The van der Waals surface area contributed by atoms with Crippen molar-refractivity contribution in [1.29, 1.82) is 0 Å². The molecule has 0 bridgehead atoms. The van der Waals surface area contributed by atoms with Crippen LogP contribution in [0.15, 0.2) is 23.6 Å². The van der Waals surface area contributed by atoms with E-state index in [2.05, 4.69) is 4.98 Å². The largest absolute Gasteiger partial charge is 0.295 e. The Morgan fingerprint density at radius 2 is 1.93 bits per heavy atom. The van der Waals surface area contributed by atoms with Crippen molar-refractivity contribution in [2.75, 3.05) is 0 Å². The number of hydrogen-bond donors (Lipinski definition) is 0. The number of halogens is 2. The lowest BCUT2D eigenvalue weighted by molar-refractivity contribution is 0.112. The minimum Gasteiger partial charge on any atom is -0.295 e. The van der Waals surface area contributed by atoms with Crippen molar-refractivity contribution in [1.82, 2.24) is 4.98 Å². The molecule has 0 spiro atoms. The Kier molecular flexibility index (Phi) is 3.05. The van der Waals surface area contributed by atoms with Gasteiger partial charge in [-0.05, 0) is 12.1 Å². The summed E-state index contributed by atoms with van der Waals surface area (Å²) in [5.41, 5.74) is 1.31. The Morgan fingerprint density at radius 3 is 2.47 bits per heavy atom. The van der Waals surface area contributed by atoms with E-state index in [1.807, 2.05) is 0 Å². The van der Waals surface area contributed by atoms with Gasteiger partial charge in [-0.3, -0.25) is 4.79 Å². The first-order valence-electron chi connectivity index (χ1n) is 4.07. The SMILES string of the molecule is O=Cc1nc(-c2c(Cl)cccc2Cl)cs1. The molecule has 15 heavy (non-hydrogen) atoms. The number of aromatic nitrogens is 1. The van der Waals surface area contributed by atoms with E-state index in [1.54, 1.807) is 23.6 Å². The number of carbonyl (C=O) groups excluding carboxylic acids is 1. The Morgan fingerprint density at radius 1 is 1.27 bits per heavy atom. The van der Waals surface area contributed by atoms with Gasteiger partial charge in [-0.1, -0.05) is 29.3 Å². The lowest BCUT2D eigenvalue weighted by Gasteiger charge is -2.02. The van der Waals surface area contributed by atoms with Crippen LogP contribution < -0.4 is 0 Å². The van der Waals surface area contributed by atoms with E-state index in [0.29, 0.717) is 32.6 Å². The number of thiazole rings is 1. The molecule has 0 unspecified atom stereocenters. The number of hydrogen-bond acceptors (Lipinski definition) is 3. The Hall–Kier alpha value is -0.900.